The molecule has 0 fully saturated rings. The van der Waals surface area contributed by atoms with Crippen LogP contribution in [0, 0.1) is 5.41 Å². The highest BCUT2D eigenvalue weighted by Crippen LogP contribution is 2.44. The van der Waals surface area contributed by atoms with Crippen molar-refractivity contribution in [1.82, 2.24) is 0 Å². The molecule has 1 aliphatic carbocycles. The lowest BCUT2D eigenvalue weighted by molar-refractivity contribution is -0.0190. The van der Waals surface area contributed by atoms with Crippen LogP contribution in [0.25, 0.3) is 0 Å². The van der Waals surface area contributed by atoms with Crippen molar-refractivity contribution in [2.75, 3.05) is 89.9 Å². The van der Waals surface area contributed by atoms with Crippen LogP contribution >= 0.6 is 11.3 Å². The normalized spacial score (nSPS) is 13.6. The summed E-state index contributed by atoms with van der Waals surface area (Å²) in [5.74, 6) is -0.477. The molecule has 4 rings (SSSR count). The third-order valence-electron chi connectivity index (χ3n) is 7.82. The SMILES string of the molecule is CC1(C)CCc2c(sc(NC(=O)c3cccc(COCCOCCOCCOCCOCCOCCO)c3)c2C(=O)Nc2ccccc2)C1. The number of aliphatic hydroxyl groups excluding tert-OH is 1. The first-order chi connectivity index (χ1) is 23.9. The fraction of sp³-hybridized carbons (Fsp3) is 0.514. The maximum atomic E-state index is 13.5. The molecule has 0 radical (unpaired) electrons. The van der Waals surface area contributed by atoms with Gasteiger partial charge in [0, 0.05) is 16.1 Å². The van der Waals surface area contributed by atoms with Gasteiger partial charge in [0.1, 0.15) is 5.00 Å². The number of ether oxygens (including phenoxy) is 6. The van der Waals surface area contributed by atoms with Gasteiger partial charge in [-0.25, -0.2) is 0 Å². The number of carbonyl (C=O) groups is 2. The van der Waals surface area contributed by atoms with Crippen LogP contribution in [0.3, 0.4) is 0 Å². The lowest BCUT2D eigenvalue weighted by Gasteiger charge is -2.29. The zero-order valence-electron chi connectivity index (χ0n) is 28.6. The number of para-hydroxylation sites is 1. The molecule has 268 valence electrons. The van der Waals surface area contributed by atoms with E-state index >= 15 is 0 Å². The van der Waals surface area contributed by atoms with Crippen molar-refractivity contribution in [3.63, 3.8) is 0 Å². The minimum Gasteiger partial charge on any atom is -0.394 e. The van der Waals surface area contributed by atoms with E-state index in [1.807, 2.05) is 48.5 Å². The number of rotatable bonds is 23. The van der Waals surface area contributed by atoms with Crippen molar-refractivity contribution >= 4 is 33.8 Å². The first-order valence-electron chi connectivity index (χ1n) is 16.8. The molecule has 1 aliphatic rings. The summed E-state index contributed by atoms with van der Waals surface area (Å²) in [5.41, 5.74) is 3.82. The minimum atomic E-state index is -0.268. The third kappa shape index (κ3) is 13.6. The Hall–Kier alpha value is -3.20. The van der Waals surface area contributed by atoms with Gasteiger partial charge in [-0.05, 0) is 60.1 Å². The molecular weight excluding hydrogens is 648 g/mol. The summed E-state index contributed by atoms with van der Waals surface area (Å²) in [5, 5.41) is 15.3. The van der Waals surface area contributed by atoms with E-state index in [4.69, 9.17) is 33.5 Å². The molecule has 3 N–H and O–H groups in total. The lowest BCUT2D eigenvalue weighted by atomic mass is 9.77. The summed E-state index contributed by atoms with van der Waals surface area (Å²) in [6.45, 7) is 9.73. The number of thiophene rings is 1. The van der Waals surface area contributed by atoms with E-state index in [9.17, 15) is 9.59 Å². The van der Waals surface area contributed by atoms with Crippen LogP contribution in [0.15, 0.2) is 54.6 Å². The maximum Gasteiger partial charge on any atom is 0.258 e. The van der Waals surface area contributed by atoms with Gasteiger partial charge in [-0.1, -0.05) is 44.2 Å². The average molecular weight is 699 g/mol. The number of hydrogen-bond acceptors (Lipinski definition) is 10. The largest absolute Gasteiger partial charge is 0.394 e. The highest BCUT2D eigenvalue weighted by atomic mass is 32.1. The Morgan fingerprint density at radius 1 is 0.735 bits per heavy atom. The molecule has 0 saturated carbocycles. The smallest absolute Gasteiger partial charge is 0.258 e. The molecule has 3 aromatic rings. The molecule has 2 amide bonds. The Kier molecular flexibility index (Phi) is 16.6. The van der Waals surface area contributed by atoms with Crippen molar-refractivity contribution in [1.29, 1.82) is 0 Å². The number of amides is 2. The van der Waals surface area contributed by atoms with Crippen LogP contribution in [-0.4, -0.2) is 96.2 Å². The van der Waals surface area contributed by atoms with Gasteiger partial charge in [0.05, 0.1) is 91.5 Å². The fourth-order valence-electron chi connectivity index (χ4n) is 5.28. The highest BCUT2D eigenvalue weighted by molar-refractivity contribution is 7.17. The van der Waals surface area contributed by atoms with Crippen LogP contribution in [0.2, 0.25) is 0 Å². The van der Waals surface area contributed by atoms with Crippen molar-refractivity contribution in [2.45, 2.75) is 39.7 Å². The van der Waals surface area contributed by atoms with Gasteiger partial charge < -0.3 is 44.2 Å². The summed E-state index contributed by atoms with van der Waals surface area (Å²) in [6.07, 6.45) is 2.65. The average Bonchev–Trinajstić information content (AvgIpc) is 3.44. The Bertz CT molecular complexity index is 1430. The quantitative estimate of drug-likeness (QED) is 0.112. The molecule has 0 spiro atoms. The van der Waals surface area contributed by atoms with E-state index in [0.717, 1.165) is 35.3 Å². The molecule has 0 unspecified atom stereocenters. The van der Waals surface area contributed by atoms with Crippen LogP contribution < -0.4 is 10.6 Å². The van der Waals surface area contributed by atoms with E-state index < -0.39 is 0 Å². The van der Waals surface area contributed by atoms with Gasteiger partial charge >= 0.3 is 0 Å². The number of fused-ring (bicyclic) bond motifs is 1. The van der Waals surface area contributed by atoms with Crippen molar-refractivity contribution < 1.29 is 43.1 Å². The summed E-state index contributed by atoms with van der Waals surface area (Å²) in [4.78, 5) is 28.1. The lowest BCUT2D eigenvalue weighted by Crippen LogP contribution is -2.23. The molecule has 49 heavy (non-hydrogen) atoms. The Morgan fingerprint density at radius 3 is 1.94 bits per heavy atom. The van der Waals surface area contributed by atoms with Gasteiger partial charge in [0.15, 0.2) is 0 Å². The molecule has 11 nitrogen and oxygen atoms in total. The Balaban J connectivity index is 1.15. The molecule has 1 heterocycles. The minimum absolute atomic E-state index is 0.0133. The van der Waals surface area contributed by atoms with E-state index in [-0.39, 0.29) is 23.8 Å². The number of anilines is 2. The third-order valence-corrected chi connectivity index (χ3v) is 8.97. The molecule has 0 saturated heterocycles. The topological polar surface area (TPSA) is 134 Å². The maximum absolute atomic E-state index is 13.5. The van der Waals surface area contributed by atoms with Gasteiger partial charge in [-0.3, -0.25) is 9.59 Å². The highest BCUT2D eigenvalue weighted by Gasteiger charge is 2.33. The van der Waals surface area contributed by atoms with Crippen LogP contribution in [0.5, 0.6) is 0 Å². The van der Waals surface area contributed by atoms with Crippen molar-refractivity contribution in [3.8, 4) is 0 Å². The molecule has 0 bridgehead atoms. The van der Waals surface area contributed by atoms with Gasteiger partial charge in [0.25, 0.3) is 11.8 Å². The van der Waals surface area contributed by atoms with E-state index in [2.05, 4.69) is 24.5 Å². The van der Waals surface area contributed by atoms with Crippen molar-refractivity contribution in [2.24, 2.45) is 5.41 Å². The number of carbonyl (C=O) groups excluding carboxylic acids is 2. The molecule has 2 aromatic carbocycles. The van der Waals surface area contributed by atoms with Crippen LogP contribution in [0.4, 0.5) is 10.7 Å². The molecule has 12 heteroatoms. The summed E-state index contributed by atoms with van der Waals surface area (Å²) < 4.78 is 32.8. The predicted octanol–water partition coefficient (Wildman–Crippen LogP) is 5.36. The van der Waals surface area contributed by atoms with Crippen LogP contribution in [0.1, 0.15) is 57.0 Å². The zero-order chi connectivity index (χ0) is 34.7. The first-order valence-corrected chi connectivity index (χ1v) is 17.7. The molecule has 0 atom stereocenters. The second kappa shape index (κ2) is 21.1. The van der Waals surface area contributed by atoms with Crippen molar-refractivity contribution in [3.05, 3.63) is 81.7 Å². The second-order valence-electron chi connectivity index (χ2n) is 12.4. The standard InChI is InChI=1S/C37H50N2O9S/c1-37(2)12-11-31-32(26-37)49-36(33(31)35(42)38-30-9-4-3-5-10-30)39-34(41)29-8-6-7-28(25-29)27-48-24-23-47-22-21-46-20-19-45-18-17-44-16-15-43-14-13-40/h3-10,25,40H,11-24,26-27H2,1-2H3,(H,38,42)(H,39,41). The number of nitrogens with one attached hydrogen (secondary N) is 2. The van der Waals surface area contributed by atoms with E-state index in [1.54, 1.807) is 6.07 Å². The summed E-state index contributed by atoms with van der Waals surface area (Å²) in [6, 6.07) is 16.7. The molecule has 1 aromatic heterocycles. The van der Waals surface area contributed by atoms with Gasteiger partial charge in [-0.2, -0.15) is 0 Å². The summed E-state index contributed by atoms with van der Waals surface area (Å²) in [7, 11) is 0. The Morgan fingerprint density at radius 2 is 1.33 bits per heavy atom. The Labute approximate surface area is 293 Å². The fourth-order valence-corrected chi connectivity index (χ4v) is 6.78. The monoisotopic (exact) mass is 698 g/mol. The zero-order valence-corrected chi connectivity index (χ0v) is 29.4. The number of hydrogen-bond donors (Lipinski definition) is 3. The predicted molar refractivity (Wildman–Crippen MR) is 190 cm³/mol. The van der Waals surface area contributed by atoms with Gasteiger partial charge in [0.2, 0.25) is 0 Å². The summed E-state index contributed by atoms with van der Waals surface area (Å²) >= 11 is 1.50. The molecular formula is C37H50N2O9S. The van der Waals surface area contributed by atoms with Gasteiger partial charge in [-0.15, -0.1) is 11.3 Å². The second-order valence-corrected chi connectivity index (χ2v) is 13.5. The molecule has 0 aliphatic heterocycles. The van der Waals surface area contributed by atoms with E-state index in [0.29, 0.717) is 101 Å². The van der Waals surface area contributed by atoms with E-state index in [1.165, 1.54) is 11.3 Å². The number of aliphatic hydroxyl groups is 1. The first kappa shape index (κ1) is 38.6. The van der Waals surface area contributed by atoms with Crippen LogP contribution in [-0.2, 0) is 47.9 Å². The number of benzene rings is 2.